The summed E-state index contributed by atoms with van der Waals surface area (Å²) < 4.78 is 23.0. The molecule has 1 aromatic rings. The molecule has 1 saturated carbocycles. The lowest BCUT2D eigenvalue weighted by molar-refractivity contribution is -0.147. The second-order valence-electron chi connectivity index (χ2n) is 4.99. The van der Waals surface area contributed by atoms with Crippen LogP contribution in [0, 0.1) is 6.92 Å². The minimum absolute atomic E-state index is 0.270. The van der Waals surface area contributed by atoms with Gasteiger partial charge in [-0.3, -0.25) is 4.79 Å². The molecule has 1 aliphatic rings. The summed E-state index contributed by atoms with van der Waals surface area (Å²) in [6.45, 7) is 1.70. The molecule has 0 atom stereocenters. The lowest BCUT2D eigenvalue weighted by Crippen LogP contribution is -2.42. The van der Waals surface area contributed by atoms with Gasteiger partial charge in [-0.2, -0.15) is 0 Å². The van der Waals surface area contributed by atoms with E-state index in [1.165, 1.54) is 6.07 Å². The number of aliphatic carboxylic acids is 1. The number of aryl methyl sites for hydroxylation is 1. The number of rotatable bonds is 3. The van der Waals surface area contributed by atoms with Crippen molar-refractivity contribution in [3.63, 3.8) is 0 Å². The molecule has 1 N–H and O–H groups in total. The molecule has 1 fully saturated rings. The predicted molar refractivity (Wildman–Crippen MR) is 67.5 cm³/mol. The molecule has 98 valence electrons. The highest BCUT2D eigenvalue weighted by molar-refractivity contribution is 7.90. The van der Waals surface area contributed by atoms with Gasteiger partial charge >= 0.3 is 5.97 Å². The monoisotopic (exact) mass is 268 g/mol. The summed E-state index contributed by atoms with van der Waals surface area (Å²) in [7, 11) is -3.25. The van der Waals surface area contributed by atoms with Gasteiger partial charge in [0.05, 0.1) is 10.3 Å². The van der Waals surface area contributed by atoms with Gasteiger partial charge < -0.3 is 5.11 Å². The molecule has 0 radical (unpaired) electrons. The zero-order valence-corrected chi connectivity index (χ0v) is 11.3. The SMILES string of the molecule is Cc1cc(C2(C(=O)O)CCC2)ccc1S(C)(=O)=O. The molecule has 18 heavy (non-hydrogen) atoms. The van der Waals surface area contributed by atoms with E-state index in [-0.39, 0.29) is 4.90 Å². The first-order valence-electron chi connectivity index (χ1n) is 5.82. The topological polar surface area (TPSA) is 71.4 Å². The summed E-state index contributed by atoms with van der Waals surface area (Å²) in [6.07, 6.45) is 3.31. The number of benzene rings is 1. The van der Waals surface area contributed by atoms with E-state index in [0.717, 1.165) is 12.7 Å². The fraction of sp³-hybridized carbons (Fsp3) is 0.462. The first-order valence-corrected chi connectivity index (χ1v) is 7.71. The molecule has 0 aromatic heterocycles. The van der Waals surface area contributed by atoms with E-state index in [1.54, 1.807) is 19.1 Å². The molecule has 2 rings (SSSR count). The van der Waals surface area contributed by atoms with E-state index in [9.17, 15) is 18.3 Å². The van der Waals surface area contributed by atoms with Crippen LogP contribution in [0.5, 0.6) is 0 Å². The number of sulfone groups is 1. The van der Waals surface area contributed by atoms with Gasteiger partial charge in [0, 0.05) is 6.26 Å². The fourth-order valence-corrected chi connectivity index (χ4v) is 3.48. The van der Waals surface area contributed by atoms with E-state index in [1.807, 2.05) is 0 Å². The van der Waals surface area contributed by atoms with Crippen molar-refractivity contribution in [2.45, 2.75) is 36.5 Å². The van der Waals surface area contributed by atoms with Gasteiger partial charge in [-0.15, -0.1) is 0 Å². The van der Waals surface area contributed by atoms with E-state index < -0.39 is 21.2 Å². The summed E-state index contributed by atoms with van der Waals surface area (Å²) in [6, 6.07) is 4.85. The van der Waals surface area contributed by atoms with E-state index in [4.69, 9.17) is 0 Å². The first-order chi connectivity index (χ1) is 8.27. The van der Waals surface area contributed by atoms with Gasteiger partial charge in [0.15, 0.2) is 9.84 Å². The Hall–Kier alpha value is -1.36. The average Bonchev–Trinajstić information content (AvgIpc) is 2.12. The molecule has 0 bridgehead atoms. The van der Waals surface area contributed by atoms with Crippen molar-refractivity contribution in [1.82, 2.24) is 0 Å². The summed E-state index contributed by atoms with van der Waals surface area (Å²) in [5.74, 6) is -0.819. The molecule has 5 heteroatoms. The third kappa shape index (κ3) is 1.92. The zero-order valence-electron chi connectivity index (χ0n) is 10.4. The summed E-state index contributed by atoms with van der Waals surface area (Å²) >= 11 is 0. The Morgan fingerprint density at radius 1 is 1.33 bits per heavy atom. The van der Waals surface area contributed by atoms with Gasteiger partial charge in [-0.1, -0.05) is 18.6 Å². The zero-order chi connectivity index (χ0) is 13.6. The van der Waals surface area contributed by atoms with Gasteiger partial charge in [0.1, 0.15) is 0 Å². The maximum atomic E-state index is 11.5. The largest absolute Gasteiger partial charge is 0.481 e. The molecule has 4 nitrogen and oxygen atoms in total. The lowest BCUT2D eigenvalue weighted by atomic mass is 9.64. The third-order valence-corrected chi connectivity index (χ3v) is 5.00. The molecule has 1 aliphatic carbocycles. The quantitative estimate of drug-likeness (QED) is 0.909. The van der Waals surface area contributed by atoms with Crippen molar-refractivity contribution in [2.24, 2.45) is 0 Å². The molecular weight excluding hydrogens is 252 g/mol. The van der Waals surface area contributed by atoms with Gasteiger partial charge in [-0.05, 0) is 37.0 Å². The molecule has 0 unspecified atom stereocenters. The third-order valence-electron chi connectivity index (χ3n) is 3.74. The van der Waals surface area contributed by atoms with Gasteiger partial charge in [0.25, 0.3) is 0 Å². The minimum Gasteiger partial charge on any atom is -0.481 e. The molecule has 0 saturated heterocycles. The smallest absolute Gasteiger partial charge is 0.314 e. The van der Waals surface area contributed by atoms with Crippen LogP contribution in [0.15, 0.2) is 23.1 Å². The van der Waals surface area contributed by atoms with Crippen molar-refractivity contribution in [3.05, 3.63) is 29.3 Å². The Morgan fingerprint density at radius 2 is 1.94 bits per heavy atom. The first kappa shape index (κ1) is 13.1. The summed E-state index contributed by atoms with van der Waals surface area (Å²) in [5, 5.41) is 9.34. The van der Waals surface area contributed by atoms with Crippen LogP contribution in [0.4, 0.5) is 0 Å². The Morgan fingerprint density at radius 3 is 2.28 bits per heavy atom. The highest BCUT2D eigenvalue weighted by Crippen LogP contribution is 2.44. The fourth-order valence-electron chi connectivity index (χ4n) is 2.52. The molecule has 0 heterocycles. The minimum atomic E-state index is -3.25. The molecule has 0 amide bonds. The Kier molecular flexibility index (Phi) is 2.97. The van der Waals surface area contributed by atoms with Crippen molar-refractivity contribution in [3.8, 4) is 0 Å². The number of carboxylic acids is 1. The van der Waals surface area contributed by atoms with E-state index in [0.29, 0.717) is 24.0 Å². The maximum Gasteiger partial charge on any atom is 0.314 e. The normalized spacial score (nSPS) is 18.1. The van der Waals surface area contributed by atoms with Crippen LogP contribution >= 0.6 is 0 Å². The van der Waals surface area contributed by atoms with Gasteiger partial charge in [-0.25, -0.2) is 8.42 Å². The Labute approximate surface area is 107 Å². The molecule has 1 aromatic carbocycles. The summed E-state index contributed by atoms with van der Waals surface area (Å²) in [5.41, 5.74) is 0.523. The average molecular weight is 268 g/mol. The van der Waals surface area contributed by atoms with Crippen LogP contribution < -0.4 is 0 Å². The van der Waals surface area contributed by atoms with Crippen LogP contribution in [0.1, 0.15) is 30.4 Å². The number of carbonyl (C=O) groups is 1. The highest BCUT2D eigenvalue weighted by atomic mass is 32.2. The van der Waals surface area contributed by atoms with Crippen LogP contribution in [0.3, 0.4) is 0 Å². The van der Waals surface area contributed by atoms with E-state index in [2.05, 4.69) is 0 Å². The van der Waals surface area contributed by atoms with Crippen LogP contribution in [0.25, 0.3) is 0 Å². The van der Waals surface area contributed by atoms with Crippen LogP contribution in [-0.4, -0.2) is 25.7 Å². The number of carboxylic acid groups (broad SMARTS) is 1. The number of hydrogen-bond acceptors (Lipinski definition) is 3. The molecule has 0 aliphatic heterocycles. The maximum absolute atomic E-state index is 11.5. The van der Waals surface area contributed by atoms with E-state index >= 15 is 0 Å². The van der Waals surface area contributed by atoms with Crippen molar-refractivity contribution < 1.29 is 18.3 Å². The Bertz CT molecular complexity index is 597. The summed E-state index contributed by atoms with van der Waals surface area (Å²) in [4.78, 5) is 11.6. The van der Waals surface area contributed by atoms with Crippen LogP contribution in [-0.2, 0) is 20.0 Å². The molecular formula is C13H16O4S. The van der Waals surface area contributed by atoms with Gasteiger partial charge in [0.2, 0.25) is 0 Å². The predicted octanol–water partition coefficient (Wildman–Crippen LogP) is 1.90. The second kappa shape index (κ2) is 4.09. The van der Waals surface area contributed by atoms with Crippen LogP contribution in [0.2, 0.25) is 0 Å². The van der Waals surface area contributed by atoms with Crippen molar-refractivity contribution in [2.75, 3.05) is 6.26 Å². The lowest BCUT2D eigenvalue weighted by Gasteiger charge is -2.38. The van der Waals surface area contributed by atoms with Crippen molar-refractivity contribution in [1.29, 1.82) is 0 Å². The second-order valence-corrected chi connectivity index (χ2v) is 6.98. The molecule has 0 spiro atoms. The van der Waals surface area contributed by atoms with Crippen molar-refractivity contribution >= 4 is 15.8 Å². The standard InChI is InChI=1S/C13H16O4S/c1-9-8-10(4-5-11(9)18(2,16)17)13(12(14)15)6-3-7-13/h4-5,8H,3,6-7H2,1-2H3,(H,14,15). The Balaban J connectivity index is 2.50. The number of hydrogen-bond donors (Lipinski definition) is 1. The highest BCUT2D eigenvalue weighted by Gasteiger charge is 2.46.